The largest absolute Gasteiger partial charge is 0.493 e. The van der Waals surface area contributed by atoms with Crippen molar-refractivity contribution in [3.05, 3.63) is 28.2 Å². The molecule has 0 aromatic heterocycles. The Balaban J connectivity index is 2.64. The zero-order valence-electron chi connectivity index (χ0n) is 10.8. The summed E-state index contributed by atoms with van der Waals surface area (Å²) in [5.41, 5.74) is 0.548. The molecule has 5 heteroatoms. The van der Waals surface area contributed by atoms with Crippen molar-refractivity contribution in [2.45, 2.75) is 32.6 Å². The number of ether oxygens (including phenoxy) is 1. The van der Waals surface area contributed by atoms with Gasteiger partial charge in [0.2, 0.25) is 0 Å². The Labute approximate surface area is 120 Å². The first kappa shape index (κ1) is 15.7. The van der Waals surface area contributed by atoms with E-state index in [1.54, 1.807) is 12.1 Å². The summed E-state index contributed by atoms with van der Waals surface area (Å²) in [4.78, 5) is 22.5. The van der Waals surface area contributed by atoms with E-state index in [0.29, 0.717) is 37.2 Å². The summed E-state index contributed by atoms with van der Waals surface area (Å²) in [7, 11) is 0. The summed E-state index contributed by atoms with van der Waals surface area (Å²) in [5, 5.41) is 8.54. The van der Waals surface area contributed by atoms with Crippen LogP contribution >= 0.6 is 15.9 Å². The Morgan fingerprint density at radius 2 is 1.95 bits per heavy atom. The maximum atomic E-state index is 12.1. The molecule has 0 aliphatic carbocycles. The van der Waals surface area contributed by atoms with Gasteiger partial charge in [-0.15, -0.1) is 0 Å². The van der Waals surface area contributed by atoms with Crippen LogP contribution in [-0.4, -0.2) is 23.5 Å². The molecule has 1 aromatic carbocycles. The second-order valence-electron chi connectivity index (χ2n) is 4.10. The summed E-state index contributed by atoms with van der Waals surface area (Å²) in [6.07, 6.45) is 1.52. The molecule has 0 saturated carbocycles. The fraction of sp³-hybridized carbons (Fsp3) is 0.429. The fourth-order valence-electron chi connectivity index (χ4n) is 1.70. The van der Waals surface area contributed by atoms with Crippen molar-refractivity contribution in [2.24, 2.45) is 0 Å². The summed E-state index contributed by atoms with van der Waals surface area (Å²) in [5.74, 6) is -0.269. The van der Waals surface area contributed by atoms with Crippen LogP contribution in [0.3, 0.4) is 0 Å². The molecular weight excluding hydrogens is 312 g/mol. The van der Waals surface area contributed by atoms with Crippen LogP contribution in [0.4, 0.5) is 0 Å². The van der Waals surface area contributed by atoms with E-state index in [0.717, 1.165) is 4.47 Å². The lowest BCUT2D eigenvalue weighted by Crippen LogP contribution is -2.04. The molecule has 1 aromatic rings. The third-order valence-corrected chi connectivity index (χ3v) is 3.08. The number of unbranched alkanes of at least 4 members (excludes halogenated alkanes) is 1. The first-order valence-corrected chi connectivity index (χ1v) is 7.01. The Morgan fingerprint density at radius 3 is 2.58 bits per heavy atom. The smallest absolute Gasteiger partial charge is 0.303 e. The highest BCUT2D eigenvalue weighted by Crippen LogP contribution is 2.25. The molecule has 0 radical (unpaired) electrons. The SMILES string of the molecule is CCOc1ccc(Br)cc1C(=O)CCCCC(=O)O. The number of halogens is 1. The average molecular weight is 329 g/mol. The molecular formula is C14H17BrO4. The van der Waals surface area contributed by atoms with Crippen molar-refractivity contribution in [3.63, 3.8) is 0 Å². The molecule has 0 spiro atoms. The van der Waals surface area contributed by atoms with Crippen molar-refractivity contribution in [2.75, 3.05) is 6.61 Å². The van der Waals surface area contributed by atoms with Crippen LogP contribution < -0.4 is 4.74 Å². The molecule has 0 amide bonds. The number of Topliss-reactive ketones (excluding diaryl/α,β-unsaturated/α-hetero) is 1. The highest BCUT2D eigenvalue weighted by molar-refractivity contribution is 9.10. The number of rotatable bonds is 8. The van der Waals surface area contributed by atoms with Gasteiger partial charge in [0.25, 0.3) is 0 Å². The molecule has 1 rings (SSSR count). The predicted octanol–water partition coefficient (Wildman–Crippen LogP) is 3.68. The van der Waals surface area contributed by atoms with E-state index in [9.17, 15) is 9.59 Å². The van der Waals surface area contributed by atoms with E-state index >= 15 is 0 Å². The molecule has 0 aliphatic heterocycles. The quantitative estimate of drug-likeness (QED) is 0.584. The van der Waals surface area contributed by atoms with Crippen LogP contribution in [0.25, 0.3) is 0 Å². The van der Waals surface area contributed by atoms with Gasteiger partial charge in [-0.25, -0.2) is 0 Å². The summed E-state index contributed by atoms with van der Waals surface area (Å²) < 4.78 is 6.25. The topological polar surface area (TPSA) is 63.6 Å². The Morgan fingerprint density at radius 1 is 1.26 bits per heavy atom. The van der Waals surface area contributed by atoms with Gasteiger partial charge >= 0.3 is 5.97 Å². The maximum absolute atomic E-state index is 12.1. The first-order valence-electron chi connectivity index (χ1n) is 6.22. The van der Waals surface area contributed by atoms with E-state index in [1.807, 2.05) is 13.0 Å². The summed E-state index contributed by atoms with van der Waals surface area (Å²) in [6, 6.07) is 5.33. The molecule has 0 unspecified atom stereocenters. The number of benzene rings is 1. The van der Waals surface area contributed by atoms with E-state index < -0.39 is 5.97 Å². The molecule has 4 nitrogen and oxygen atoms in total. The zero-order valence-corrected chi connectivity index (χ0v) is 12.4. The minimum Gasteiger partial charge on any atom is -0.493 e. The van der Waals surface area contributed by atoms with Crippen molar-refractivity contribution >= 4 is 27.7 Å². The van der Waals surface area contributed by atoms with Gasteiger partial charge in [-0.3, -0.25) is 9.59 Å². The Hall–Kier alpha value is -1.36. The van der Waals surface area contributed by atoms with Crippen LogP contribution in [0.2, 0.25) is 0 Å². The molecule has 0 saturated heterocycles. The molecule has 19 heavy (non-hydrogen) atoms. The van der Waals surface area contributed by atoms with Crippen molar-refractivity contribution in [1.29, 1.82) is 0 Å². The van der Waals surface area contributed by atoms with E-state index in [2.05, 4.69) is 15.9 Å². The van der Waals surface area contributed by atoms with Gasteiger partial charge < -0.3 is 9.84 Å². The van der Waals surface area contributed by atoms with Gasteiger partial charge in [0.1, 0.15) is 5.75 Å². The van der Waals surface area contributed by atoms with Gasteiger partial charge in [0.05, 0.1) is 12.2 Å². The Kier molecular flexibility index (Phi) is 6.56. The third kappa shape index (κ3) is 5.42. The molecule has 0 aliphatic rings. The molecule has 0 bridgehead atoms. The van der Waals surface area contributed by atoms with Gasteiger partial charge in [0, 0.05) is 17.3 Å². The highest BCUT2D eigenvalue weighted by atomic mass is 79.9. The van der Waals surface area contributed by atoms with E-state index in [-0.39, 0.29) is 12.2 Å². The van der Waals surface area contributed by atoms with Gasteiger partial charge in [-0.05, 0) is 38.0 Å². The van der Waals surface area contributed by atoms with Gasteiger partial charge in [-0.2, -0.15) is 0 Å². The lowest BCUT2D eigenvalue weighted by molar-refractivity contribution is -0.137. The number of carbonyl (C=O) groups is 2. The van der Waals surface area contributed by atoms with Crippen molar-refractivity contribution in [3.8, 4) is 5.75 Å². The van der Waals surface area contributed by atoms with Crippen LogP contribution in [0, 0.1) is 0 Å². The number of carboxylic acid groups (broad SMARTS) is 1. The number of hydrogen-bond donors (Lipinski definition) is 1. The minimum atomic E-state index is -0.829. The molecule has 0 fully saturated rings. The third-order valence-electron chi connectivity index (χ3n) is 2.59. The van der Waals surface area contributed by atoms with Crippen LogP contribution in [0.1, 0.15) is 43.0 Å². The second kappa shape index (κ2) is 7.94. The van der Waals surface area contributed by atoms with Crippen molar-refractivity contribution in [1.82, 2.24) is 0 Å². The number of hydrogen-bond acceptors (Lipinski definition) is 3. The van der Waals surface area contributed by atoms with Crippen LogP contribution in [0.5, 0.6) is 5.75 Å². The van der Waals surface area contributed by atoms with Gasteiger partial charge in [0.15, 0.2) is 5.78 Å². The van der Waals surface area contributed by atoms with Gasteiger partial charge in [-0.1, -0.05) is 15.9 Å². The monoisotopic (exact) mass is 328 g/mol. The molecule has 1 N–H and O–H groups in total. The van der Waals surface area contributed by atoms with Crippen LogP contribution in [-0.2, 0) is 4.79 Å². The number of aliphatic carboxylic acids is 1. The molecule has 104 valence electrons. The van der Waals surface area contributed by atoms with E-state index in [4.69, 9.17) is 9.84 Å². The number of carbonyl (C=O) groups excluding carboxylic acids is 1. The van der Waals surface area contributed by atoms with E-state index in [1.165, 1.54) is 0 Å². The summed E-state index contributed by atoms with van der Waals surface area (Å²) in [6.45, 7) is 2.37. The van der Waals surface area contributed by atoms with Crippen molar-refractivity contribution < 1.29 is 19.4 Å². The fourth-order valence-corrected chi connectivity index (χ4v) is 2.06. The maximum Gasteiger partial charge on any atom is 0.303 e. The second-order valence-corrected chi connectivity index (χ2v) is 5.01. The predicted molar refractivity (Wildman–Crippen MR) is 75.7 cm³/mol. The standard InChI is InChI=1S/C14H17BrO4/c1-2-19-13-8-7-10(15)9-11(13)12(16)5-3-4-6-14(17)18/h7-9H,2-6H2,1H3,(H,17,18). The van der Waals surface area contributed by atoms with Crippen LogP contribution in [0.15, 0.2) is 22.7 Å². The summed E-state index contributed by atoms with van der Waals surface area (Å²) >= 11 is 3.33. The first-order chi connectivity index (χ1) is 9.04. The lowest BCUT2D eigenvalue weighted by Gasteiger charge is -2.09. The molecule has 0 heterocycles. The molecule has 0 atom stereocenters. The minimum absolute atomic E-state index is 0.0184. The zero-order chi connectivity index (χ0) is 14.3. The Bertz CT molecular complexity index is 457. The highest BCUT2D eigenvalue weighted by Gasteiger charge is 2.13. The number of ketones is 1. The number of carboxylic acids is 1. The normalized spacial score (nSPS) is 10.2. The average Bonchev–Trinajstić information content (AvgIpc) is 2.36. The lowest BCUT2D eigenvalue weighted by atomic mass is 10.0.